The first-order chi connectivity index (χ1) is 9.05. The van der Waals surface area contributed by atoms with Crippen molar-refractivity contribution < 1.29 is 13.3 Å². The van der Waals surface area contributed by atoms with Gasteiger partial charge in [-0.3, -0.25) is 0 Å². The zero-order valence-electron chi connectivity index (χ0n) is 13.5. The Labute approximate surface area is 120 Å². The van der Waals surface area contributed by atoms with E-state index in [0.29, 0.717) is 25.7 Å². The predicted octanol–water partition coefficient (Wildman–Crippen LogP) is 4.42. The third-order valence-electron chi connectivity index (χ3n) is 3.36. The maximum atomic E-state index is 5.85. The van der Waals surface area contributed by atoms with E-state index in [1.807, 2.05) is 20.8 Å². The van der Waals surface area contributed by atoms with Crippen LogP contribution >= 0.6 is 0 Å². The van der Waals surface area contributed by atoms with Gasteiger partial charge in [-0.2, -0.15) is 0 Å². The number of allylic oxidation sites excluding steroid dienone is 1. The van der Waals surface area contributed by atoms with Crippen molar-refractivity contribution in [3.63, 3.8) is 0 Å². The summed E-state index contributed by atoms with van der Waals surface area (Å²) < 4.78 is 17.6. The molecule has 0 aliphatic heterocycles. The van der Waals surface area contributed by atoms with Crippen LogP contribution in [0.1, 0.15) is 53.9 Å². The lowest BCUT2D eigenvalue weighted by Crippen LogP contribution is -2.45. The molecule has 0 spiro atoms. The summed E-state index contributed by atoms with van der Waals surface area (Å²) in [5, 5.41) is 0. The van der Waals surface area contributed by atoms with Crippen LogP contribution < -0.4 is 0 Å². The minimum Gasteiger partial charge on any atom is -0.374 e. The second kappa shape index (κ2) is 10.6. The first-order valence-electron chi connectivity index (χ1n) is 7.64. The Morgan fingerprint density at radius 1 is 1.00 bits per heavy atom. The van der Waals surface area contributed by atoms with E-state index in [-0.39, 0.29) is 0 Å². The predicted molar refractivity (Wildman–Crippen MR) is 83.3 cm³/mol. The SMILES string of the molecule is C=C(CC)C(C)CCC[Si](OCC)(OCC)OCC. The van der Waals surface area contributed by atoms with E-state index in [0.717, 1.165) is 25.3 Å². The lowest BCUT2D eigenvalue weighted by molar-refractivity contribution is 0.0705. The second-order valence-corrected chi connectivity index (χ2v) is 7.52. The Kier molecular flexibility index (Phi) is 10.5. The number of rotatable bonds is 12. The van der Waals surface area contributed by atoms with Gasteiger partial charge in [0.15, 0.2) is 0 Å². The third kappa shape index (κ3) is 7.25. The van der Waals surface area contributed by atoms with Crippen molar-refractivity contribution in [3.8, 4) is 0 Å². The molecular weight excluding hydrogens is 256 g/mol. The molecule has 4 heteroatoms. The van der Waals surface area contributed by atoms with E-state index in [1.54, 1.807) is 0 Å². The first-order valence-corrected chi connectivity index (χ1v) is 9.57. The maximum Gasteiger partial charge on any atom is 0.500 e. The highest BCUT2D eigenvalue weighted by atomic mass is 28.4. The van der Waals surface area contributed by atoms with Crippen molar-refractivity contribution in [2.75, 3.05) is 19.8 Å². The Balaban J connectivity index is 4.35. The van der Waals surface area contributed by atoms with Crippen LogP contribution in [0, 0.1) is 5.92 Å². The van der Waals surface area contributed by atoms with Gasteiger partial charge >= 0.3 is 8.80 Å². The molecule has 0 radical (unpaired) electrons. The summed E-state index contributed by atoms with van der Waals surface area (Å²) in [6.45, 7) is 16.5. The molecule has 0 aromatic carbocycles. The molecule has 0 rings (SSSR count). The molecule has 0 saturated carbocycles. The zero-order chi connectivity index (χ0) is 14.7. The van der Waals surface area contributed by atoms with Gasteiger partial charge in [-0.05, 0) is 46.0 Å². The Hall–Kier alpha value is -0.163. The smallest absolute Gasteiger partial charge is 0.374 e. The number of hydrogen-bond donors (Lipinski definition) is 0. The molecule has 1 atom stereocenters. The summed E-state index contributed by atoms with van der Waals surface area (Å²) in [5.41, 5.74) is 1.33. The van der Waals surface area contributed by atoms with E-state index >= 15 is 0 Å². The summed E-state index contributed by atoms with van der Waals surface area (Å²) in [5.74, 6) is 0.571. The molecule has 0 fully saturated rings. The van der Waals surface area contributed by atoms with Gasteiger partial charge < -0.3 is 13.3 Å². The second-order valence-electron chi connectivity index (χ2n) is 4.79. The van der Waals surface area contributed by atoms with E-state index in [4.69, 9.17) is 13.3 Å². The van der Waals surface area contributed by atoms with Crippen LogP contribution in [0.2, 0.25) is 6.04 Å². The largest absolute Gasteiger partial charge is 0.500 e. The van der Waals surface area contributed by atoms with E-state index in [2.05, 4.69) is 20.4 Å². The molecular formula is C15H32O3Si. The summed E-state index contributed by atoms with van der Waals surface area (Å²) in [4.78, 5) is 0. The molecule has 0 N–H and O–H groups in total. The molecule has 0 aliphatic carbocycles. The van der Waals surface area contributed by atoms with Crippen LogP contribution in [-0.2, 0) is 13.3 Å². The van der Waals surface area contributed by atoms with Crippen LogP contribution in [0.25, 0.3) is 0 Å². The molecule has 3 nitrogen and oxygen atoms in total. The fourth-order valence-corrected chi connectivity index (χ4v) is 4.82. The fourth-order valence-electron chi connectivity index (χ4n) is 2.18. The molecule has 0 aromatic heterocycles. The normalized spacial score (nSPS) is 13.5. The highest BCUT2D eigenvalue weighted by molar-refractivity contribution is 6.60. The van der Waals surface area contributed by atoms with E-state index in [9.17, 15) is 0 Å². The Morgan fingerprint density at radius 3 is 1.84 bits per heavy atom. The summed E-state index contributed by atoms with van der Waals surface area (Å²) in [7, 11) is -2.44. The van der Waals surface area contributed by atoms with Gasteiger partial charge in [-0.1, -0.05) is 26.0 Å². The average Bonchev–Trinajstić information content (AvgIpc) is 2.38. The molecule has 0 heterocycles. The highest BCUT2D eigenvalue weighted by Crippen LogP contribution is 2.24. The van der Waals surface area contributed by atoms with Crippen molar-refractivity contribution in [2.24, 2.45) is 5.92 Å². The Morgan fingerprint density at radius 2 is 1.47 bits per heavy atom. The monoisotopic (exact) mass is 288 g/mol. The topological polar surface area (TPSA) is 27.7 Å². The summed E-state index contributed by atoms with van der Waals surface area (Å²) >= 11 is 0. The molecule has 114 valence electrons. The van der Waals surface area contributed by atoms with Crippen molar-refractivity contribution in [2.45, 2.75) is 59.9 Å². The lowest BCUT2D eigenvalue weighted by atomic mass is 9.96. The maximum absolute atomic E-state index is 5.85. The van der Waals surface area contributed by atoms with Gasteiger partial charge in [0.25, 0.3) is 0 Å². The van der Waals surface area contributed by atoms with E-state index < -0.39 is 8.80 Å². The van der Waals surface area contributed by atoms with Crippen LogP contribution in [0.3, 0.4) is 0 Å². The van der Waals surface area contributed by atoms with Crippen LogP contribution in [0.5, 0.6) is 0 Å². The van der Waals surface area contributed by atoms with Crippen molar-refractivity contribution >= 4 is 8.80 Å². The van der Waals surface area contributed by atoms with Crippen LogP contribution in [0.4, 0.5) is 0 Å². The molecule has 0 aliphatic rings. The zero-order valence-corrected chi connectivity index (χ0v) is 14.5. The quantitative estimate of drug-likeness (QED) is 0.393. The molecule has 1 unspecified atom stereocenters. The summed E-state index contributed by atoms with van der Waals surface area (Å²) in [6, 6.07) is 0.907. The molecule has 0 amide bonds. The van der Waals surface area contributed by atoms with Gasteiger partial charge in [0.2, 0.25) is 0 Å². The molecule has 0 bridgehead atoms. The average molecular weight is 289 g/mol. The number of hydrogen-bond acceptors (Lipinski definition) is 3. The molecule has 19 heavy (non-hydrogen) atoms. The summed E-state index contributed by atoms with van der Waals surface area (Å²) in [6.07, 6.45) is 3.27. The van der Waals surface area contributed by atoms with Crippen molar-refractivity contribution in [1.82, 2.24) is 0 Å². The standard InChI is InChI=1S/C15H32O3Si/c1-7-14(5)15(6)12-11-13-19(16-8-2,17-9-3)18-10-4/h15H,5,7-13H2,1-4,6H3. The van der Waals surface area contributed by atoms with Gasteiger partial charge in [0.05, 0.1) is 0 Å². The fraction of sp³-hybridized carbons (Fsp3) is 0.867. The highest BCUT2D eigenvalue weighted by Gasteiger charge is 2.39. The molecule has 0 saturated heterocycles. The Bertz CT molecular complexity index is 227. The van der Waals surface area contributed by atoms with Gasteiger partial charge in [-0.25, -0.2) is 0 Å². The molecule has 0 aromatic rings. The first kappa shape index (κ1) is 18.8. The van der Waals surface area contributed by atoms with Crippen molar-refractivity contribution in [3.05, 3.63) is 12.2 Å². The minimum atomic E-state index is -2.44. The third-order valence-corrected chi connectivity index (χ3v) is 6.52. The van der Waals surface area contributed by atoms with Crippen molar-refractivity contribution in [1.29, 1.82) is 0 Å². The van der Waals surface area contributed by atoms with Gasteiger partial charge in [0, 0.05) is 25.9 Å². The van der Waals surface area contributed by atoms with Gasteiger partial charge in [0.1, 0.15) is 0 Å². The lowest BCUT2D eigenvalue weighted by Gasteiger charge is -2.28. The van der Waals surface area contributed by atoms with Gasteiger partial charge in [-0.15, -0.1) is 0 Å². The minimum absolute atomic E-state index is 0.571. The van der Waals surface area contributed by atoms with E-state index in [1.165, 1.54) is 5.57 Å². The van der Waals surface area contributed by atoms with Crippen LogP contribution in [0.15, 0.2) is 12.2 Å². The van der Waals surface area contributed by atoms with Crippen LogP contribution in [-0.4, -0.2) is 28.6 Å².